The van der Waals surface area contributed by atoms with Crippen molar-refractivity contribution in [1.82, 2.24) is 0 Å². The standard InChI is InChI=1S/C22H16ClNO4/c23-16-8-4-7-15(11-16)22(26)24-18-13-20-19(27-9-10-28-20)12-17(18)21(25)14-5-2-1-3-6-14/h1-8,11-13H,9-10H2,(H,24,26). The molecule has 0 spiro atoms. The van der Waals surface area contributed by atoms with E-state index < -0.39 is 0 Å². The first kappa shape index (κ1) is 18.1. The van der Waals surface area contributed by atoms with Gasteiger partial charge in [-0.2, -0.15) is 0 Å². The first-order chi connectivity index (χ1) is 13.6. The van der Waals surface area contributed by atoms with Crippen LogP contribution in [-0.4, -0.2) is 24.9 Å². The number of hydrogen-bond acceptors (Lipinski definition) is 4. The van der Waals surface area contributed by atoms with Crippen LogP contribution >= 0.6 is 11.6 Å². The van der Waals surface area contributed by atoms with Crippen LogP contribution in [-0.2, 0) is 0 Å². The van der Waals surface area contributed by atoms with Gasteiger partial charge in [0.1, 0.15) is 13.2 Å². The maximum absolute atomic E-state index is 13.1. The van der Waals surface area contributed by atoms with Gasteiger partial charge in [-0.1, -0.05) is 48.0 Å². The van der Waals surface area contributed by atoms with Crippen molar-refractivity contribution in [3.63, 3.8) is 0 Å². The minimum Gasteiger partial charge on any atom is -0.486 e. The van der Waals surface area contributed by atoms with E-state index in [1.54, 1.807) is 60.7 Å². The van der Waals surface area contributed by atoms with Crippen molar-refractivity contribution >= 4 is 29.0 Å². The second-order valence-corrected chi connectivity index (χ2v) is 6.64. The van der Waals surface area contributed by atoms with Gasteiger partial charge < -0.3 is 14.8 Å². The number of benzene rings is 3. The molecule has 0 radical (unpaired) electrons. The Hall–Kier alpha value is -3.31. The predicted octanol–water partition coefficient (Wildman–Crippen LogP) is 4.59. The van der Waals surface area contributed by atoms with Gasteiger partial charge in [0, 0.05) is 22.2 Å². The maximum Gasteiger partial charge on any atom is 0.255 e. The van der Waals surface area contributed by atoms with E-state index in [9.17, 15) is 9.59 Å². The topological polar surface area (TPSA) is 64.6 Å². The number of fused-ring (bicyclic) bond motifs is 1. The summed E-state index contributed by atoms with van der Waals surface area (Å²) in [5, 5.41) is 3.25. The summed E-state index contributed by atoms with van der Waals surface area (Å²) in [7, 11) is 0. The average molecular weight is 394 g/mol. The molecule has 140 valence electrons. The molecule has 0 aliphatic carbocycles. The summed E-state index contributed by atoms with van der Waals surface area (Å²) >= 11 is 5.98. The second-order valence-electron chi connectivity index (χ2n) is 6.20. The van der Waals surface area contributed by atoms with Gasteiger partial charge in [-0.3, -0.25) is 9.59 Å². The van der Waals surface area contributed by atoms with E-state index in [2.05, 4.69) is 5.32 Å². The van der Waals surface area contributed by atoms with Crippen molar-refractivity contribution in [2.24, 2.45) is 0 Å². The van der Waals surface area contributed by atoms with Crippen LogP contribution in [0.15, 0.2) is 66.7 Å². The lowest BCUT2D eigenvalue weighted by molar-refractivity contribution is 0.102. The molecule has 1 aliphatic heterocycles. The zero-order valence-electron chi connectivity index (χ0n) is 14.8. The third-order valence-corrected chi connectivity index (χ3v) is 4.53. The van der Waals surface area contributed by atoms with Gasteiger partial charge in [-0.05, 0) is 24.3 Å². The van der Waals surface area contributed by atoms with Crippen molar-refractivity contribution in [3.05, 3.63) is 88.4 Å². The highest BCUT2D eigenvalue weighted by Crippen LogP contribution is 2.36. The van der Waals surface area contributed by atoms with E-state index in [0.717, 1.165) is 0 Å². The minimum absolute atomic E-state index is 0.223. The number of hydrogen-bond donors (Lipinski definition) is 1. The second kappa shape index (κ2) is 7.74. The van der Waals surface area contributed by atoms with Crippen molar-refractivity contribution in [1.29, 1.82) is 0 Å². The Bertz CT molecular complexity index is 1050. The van der Waals surface area contributed by atoms with Crippen LogP contribution in [0.1, 0.15) is 26.3 Å². The molecule has 0 saturated carbocycles. The van der Waals surface area contributed by atoms with E-state index in [4.69, 9.17) is 21.1 Å². The summed E-state index contributed by atoms with van der Waals surface area (Å²) in [6.45, 7) is 0.806. The fraction of sp³-hybridized carbons (Fsp3) is 0.0909. The summed E-state index contributed by atoms with van der Waals surface area (Å²) in [5.41, 5.74) is 1.58. The lowest BCUT2D eigenvalue weighted by Gasteiger charge is -2.21. The number of anilines is 1. The summed E-state index contributed by atoms with van der Waals surface area (Å²) in [5.74, 6) is 0.365. The Morgan fingerprint density at radius 3 is 2.21 bits per heavy atom. The summed E-state index contributed by atoms with van der Waals surface area (Å²) in [6.07, 6.45) is 0. The Balaban J connectivity index is 1.74. The number of ketones is 1. The fourth-order valence-corrected chi connectivity index (χ4v) is 3.14. The smallest absolute Gasteiger partial charge is 0.255 e. The molecule has 0 unspecified atom stereocenters. The van der Waals surface area contributed by atoms with E-state index in [-0.39, 0.29) is 11.7 Å². The van der Waals surface area contributed by atoms with Gasteiger partial charge in [0.25, 0.3) is 5.91 Å². The molecule has 4 rings (SSSR count). The molecule has 3 aromatic carbocycles. The molecular formula is C22H16ClNO4. The van der Waals surface area contributed by atoms with Crippen LogP contribution in [0.2, 0.25) is 5.02 Å². The van der Waals surface area contributed by atoms with E-state index in [1.807, 2.05) is 6.07 Å². The lowest BCUT2D eigenvalue weighted by atomic mass is 10.0. The Kier molecular flexibility index (Phi) is 5.00. The highest BCUT2D eigenvalue weighted by molar-refractivity contribution is 6.31. The van der Waals surface area contributed by atoms with Gasteiger partial charge in [0.05, 0.1) is 11.3 Å². The number of halogens is 1. The molecule has 0 fully saturated rings. The lowest BCUT2D eigenvalue weighted by Crippen LogP contribution is -2.19. The Morgan fingerprint density at radius 2 is 1.50 bits per heavy atom. The van der Waals surface area contributed by atoms with Crippen molar-refractivity contribution in [2.45, 2.75) is 0 Å². The molecular weight excluding hydrogens is 378 g/mol. The maximum atomic E-state index is 13.1. The van der Waals surface area contributed by atoms with Crippen LogP contribution in [0.5, 0.6) is 11.5 Å². The van der Waals surface area contributed by atoms with Crippen LogP contribution in [0.25, 0.3) is 0 Å². The highest BCUT2D eigenvalue weighted by atomic mass is 35.5. The van der Waals surface area contributed by atoms with Gasteiger partial charge in [-0.15, -0.1) is 0 Å². The molecule has 0 aromatic heterocycles. The van der Waals surface area contributed by atoms with E-state index >= 15 is 0 Å². The van der Waals surface area contributed by atoms with Gasteiger partial charge >= 0.3 is 0 Å². The molecule has 0 bridgehead atoms. The Labute approximate surface area is 166 Å². The molecule has 1 heterocycles. The normalized spacial score (nSPS) is 12.3. The highest BCUT2D eigenvalue weighted by Gasteiger charge is 2.22. The number of carbonyl (C=O) groups is 2. The van der Waals surface area contributed by atoms with Gasteiger partial charge in [-0.25, -0.2) is 0 Å². The summed E-state index contributed by atoms with van der Waals surface area (Å²) < 4.78 is 11.2. The number of nitrogens with one attached hydrogen (secondary N) is 1. The number of amides is 1. The van der Waals surface area contributed by atoms with Crippen molar-refractivity contribution < 1.29 is 19.1 Å². The number of rotatable bonds is 4. The molecule has 6 heteroatoms. The monoisotopic (exact) mass is 393 g/mol. The zero-order valence-corrected chi connectivity index (χ0v) is 15.5. The molecule has 28 heavy (non-hydrogen) atoms. The third-order valence-electron chi connectivity index (χ3n) is 4.30. The van der Waals surface area contributed by atoms with Crippen LogP contribution in [0, 0.1) is 0 Å². The van der Waals surface area contributed by atoms with E-state index in [1.165, 1.54) is 0 Å². The summed E-state index contributed by atoms with van der Waals surface area (Å²) in [4.78, 5) is 25.7. The SMILES string of the molecule is O=C(Nc1cc2c(cc1C(=O)c1ccccc1)OCCO2)c1cccc(Cl)c1. The fourth-order valence-electron chi connectivity index (χ4n) is 2.95. The van der Waals surface area contributed by atoms with Crippen LogP contribution < -0.4 is 14.8 Å². The molecule has 0 saturated heterocycles. The summed E-state index contributed by atoms with van der Waals surface area (Å²) in [6, 6.07) is 18.7. The average Bonchev–Trinajstić information content (AvgIpc) is 2.73. The van der Waals surface area contributed by atoms with Crippen molar-refractivity contribution in [3.8, 4) is 11.5 Å². The largest absolute Gasteiger partial charge is 0.486 e. The molecule has 1 aliphatic rings. The number of ether oxygens (including phenoxy) is 2. The molecule has 1 amide bonds. The van der Waals surface area contributed by atoms with E-state index in [0.29, 0.717) is 52.1 Å². The zero-order chi connectivity index (χ0) is 19.5. The predicted molar refractivity (Wildman–Crippen MR) is 107 cm³/mol. The molecule has 5 nitrogen and oxygen atoms in total. The first-order valence-electron chi connectivity index (χ1n) is 8.72. The third kappa shape index (κ3) is 3.70. The van der Waals surface area contributed by atoms with Gasteiger partial charge in [0.2, 0.25) is 0 Å². The quantitative estimate of drug-likeness (QED) is 0.658. The minimum atomic E-state index is -0.374. The Morgan fingerprint density at radius 1 is 0.821 bits per heavy atom. The number of carbonyl (C=O) groups excluding carboxylic acids is 2. The van der Waals surface area contributed by atoms with Crippen LogP contribution in [0.3, 0.4) is 0 Å². The molecule has 1 N–H and O–H groups in total. The molecule has 3 aromatic rings. The first-order valence-corrected chi connectivity index (χ1v) is 9.10. The molecule has 0 atom stereocenters. The van der Waals surface area contributed by atoms with Crippen LogP contribution in [0.4, 0.5) is 5.69 Å². The van der Waals surface area contributed by atoms with Crippen molar-refractivity contribution in [2.75, 3.05) is 18.5 Å². The van der Waals surface area contributed by atoms with Gasteiger partial charge in [0.15, 0.2) is 17.3 Å².